The highest BCUT2D eigenvalue weighted by Gasteiger charge is 2.36. The Labute approximate surface area is 112 Å². The zero-order valence-corrected chi connectivity index (χ0v) is 11.0. The number of carbonyl (C=O) groups is 2. The summed E-state index contributed by atoms with van der Waals surface area (Å²) in [6.45, 7) is 3.31. The second-order valence-corrected chi connectivity index (χ2v) is 5.18. The van der Waals surface area contributed by atoms with E-state index >= 15 is 0 Å². The third kappa shape index (κ3) is 2.06. The van der Waals surface area contributed by atoms with E-state index in [4.69, 9.17) is 4.74 Å². The molecule has 0 bridgehead atoms. The van der Waals surface area contributed by atoms with E-state index in [1.54, 1.807) is 11.0 Å². The number of ketones is 1. The lowest BCUT2D eigenvalue weighted by Gasteiger charge is -2.20. The molecule has 19 heavy (non-hydrogen) atoms. The highest BCUT2D eigenvalue weighted by molar-refractivity contribution is 6.52. The molecule has 4 nitrogen and oxygen atoms in total. The van der Waals surface area contributed by atoms with Crippen molar-refractivity contribution in [1.29, 1.82) is 0 Å². The summed E-state index contributed by atoms with van der Waals surface area (Å²) in [5.74, 6) is -0.784. The SMILES string of the molecule is Cc1cccc2c1N(CCC1CCCO1)C(=O)C2=O. The van der Waals surface area contributed by atoms with Crippen molar-refractivity contribution >= 4 is 17.4 Å². The number of fused-ring (bicyclic) bond motifs is 1. The number of para-hydroxylation sites is 1. The van der Waals surface area contributed by atoms with Gasteiger partial charge in [-0.05, 0) is 37.8 Å². The number of nitrogens with zero attached hydrogens (tertiary/aromatic N) is 1. The highest BCUT2D eigenvalue weighted by atomic mass is 16.5. The molecule has 2 aliphatic rings. The largest absolute Gasteiger partial charge is 0.378 e. The number of Topliss-reactive ketones (excluding diaryl/α,β-unsaturated/α-hetero) is 1. The van der Waals surface area contributed by atoms with Crippen LogP contribution in [0, 0.1) is 6.92 Å². The molecule has 0 aromatic heterocycles. The molecule has 2 heterocycles. The Morgan fingerprint density at radius 2 is 2.21 bits per heavy atom. The van der Waals surface area contributed by atoms with Crippen LogP contribution in [-0.4, -0.2) is 30.9 Å². The van der Waals surface area contributed by atoms with Crippen molar-refractivity contribution in [1.82, 2.24) is 0 Å². The molecule has 4 heteroatoms. The predicted octanol–water partition coefficient (Wildman–Crippen LogP) is 2.09. The molecule has 1 unspecified atom stereocenters. The molecule has 0 spiro atoms. The molecule has 1 aromatic carbocycles. The molecule has 100 valence electrons. The Morgan fingerprint density at radius 1 is 1.37 bits per heavy atom. The maximum absolute atomic E-state index is 12.1. The van der Waals surface area contributed by atoms with Crippen LogP contribution in [0.15, 0.2) is 18.2 Å². The van der Waals surface area contributed by atoms with E-state index in [0.29, 0.717) is 12.1 Å². The first-order valence-corrected chi connectivity index (χ1v) is 6.76. The Balaban J connectivity index is 1.82. The number of ether oxygens (including phenoxy) is 1. The zero-order valence-electron chi connectivity index (χ0n) is 11.0. The van der Waals surface area contributed by atoms with Gasteiger partial charge in [0.1, 0.15) is 0 Å². The van der Waals surface area contributed by atoms with Crippen molar-refractivity contribution in [3.63, 3.8) is 0 Å². The molecule has 1 saturated heterocycles. The van der Waals surface area contributed by atoms with Gasteiger partial charge in [-0.2, -0.15) is 0 Å². The Hall–Kier alpha value is -1.68. The van der Waals surface area contributed by atoms with Crippen molar-refractivity contribution in [3.8, 4) is 0 Å². The normalized spacial score (nSPS) is 22.2. The van der Waals surface area contributed by atoms with Gasteiger partial charge in [0.15, 0.2) is 0 Å². The lowest BCUT2D eigenvalue weighted by molar-refractivity contribution is -0.114. The van der Waals surface area contributed by atoms with Gasteiger partial charge in [0.05, 0.1) is 17.4 Å². The minimum absolute atomic E-state index is 0.232. The summed E-state index contributed by atoms with van der Waals surface area (Å²) >= 11 is 0. The van der Waals surface area contributed by atoms with Gasteiger partial charge in [-0.3, -0.25) is 9.59 Å². The monoisotopic (exact) mass is 259 g/mol. The molecular weight excluding hydrogens is 242 g/mol. The van der Waals surface area contributed by atoms with Gasteiger partial charge in [-0.1, -0.05) is 12.1 Å². The van der Waals surface area contributed by atoms with Gasteiger partial charge >= 0.3 is 0 Å². The van der Waals surface area contributed by atoms with Gasteiger partial charge in [-0.15, -0.1) is 0 Å². The van der Waals surface area contributed by atoms with E-state index in [-0.39, 0.29) is 11.9 Å². The first-order chi connectivity index (χ1) is 9.18. The van der Waals surface area contributed by atoms with E-state index < -0.39 is 5.91 Å². The number of hydrogen-bond acceptors (Lipinski definition) is 3. The first kappa shape index (κ1) is 12.4. The molecular formula is C15H17NO3. The molecule has 1 aromatic rings. The first-order valence-electron chi connectivity index (χ1n) is 6.76. The third-order valence-corrected chi connectivity index (χ3v) is 3.89. The van der Waals surface area contributed by atoms with Crippen LogP contribution in [0.2, 0.25) is 0 Å². The average Bonchev–Trinajstić information content (AvgIpc) is 2.99. The minimum atomic E-state index is -0.401. The van der Waals surface area contributed by atoms with Gasteiger partial charge < -0.3 is 9.64 Å². The second kappa shape index (κ2) is 4.78. The molecule has 0 radical (unpaired) electrons. The topological polar surface area (TPSA) is 46.6 Å². The van der Waals surface area contributed by atoms with Crippen LogP contribution in [0.5, 0.6) is 0 Å². The number of benzene rings is 1. The number of anilines is 1. The summed E-state index contributed by atoms with van der Waals surface area (Å²) in [6.07, 6.45) is 3.17. The maximum Gasteiger partial charge on any atom is 0.299 e. The van der Waals surface area contributed by atoms with Crippen LogP contribution in [0.4, 0.5) is 5.69 Å². The summed E-state index contributed by atoms with van der Waals surface area (Å²) in [4.78, 5) is 25.6. The van der Waals surface area contributed by atoms with Gasteiger partial charge in [-0.25, -0.2) is 0 Å². The average molecular weight is 259 g/mol. The van der Waals surface area contributed by atoms with E-state index in [0.717, 1.165) is 37.1 Å². The number of hydrogen-bond donors (Lipinski definition) is 0. The van der Waals surface area contributed by atoms with Crippen molar-refractivity contribution in [3.05, 3.63) is 29.3 Å². The summed E-state index contributed by atoms with van der Waals surface area (Å²) in [5.41, 5.74) is 2.30. The Kier molecular flexibility index (Phi) is 3.11. The van der Waals surface area contributed by atoms with Gasteiger partial charge in [0, 0.05) is 13.2 Å². The zero-order chi connectivity index (χ0) is 13.4. The van der Waals surface area contributed by atoms with Crippen LogP contribution in [0.1, 0.15) is 35.2 Å². The summed E-state index contributed by atoms with van der Waals surface area (Å²) in [6, 6.07) is 5.49. The fourth-order valence-corrected chi connectivity index (χ4v) is 2.90. The predicted molar refractivity (Wildman–Crippen MR) is 71.5 cm³/mol. The minimum Gasteiger partial charge on any atom is -0.378 e. The Bertz CT molecular complexity index is 532. The number of rotatable bonds is 3. The summed E-state index contributed by atoms with van der Waals surface area (Å²) in [7, 11) is 0. The van der Waals surface area contributed by atoms with Crippen LogP contribution in [-0.2, 0) is 9.53 Å². The van der Waals surface area contributed by atoms with E-state index in [1.807, 2.05) is 19.1 Å². The molecule has 1 amide bonds. The van der Waals surface area contributed by atoms with Crippen LogP contribution in [0.25, 0.3) is 0 Å². The van der Waals surface area contributed by atoms with Crippen molar-refractivity contribution < 1.29 is 14.3 Å². The molecule has 2 aliphatic heterocycles. The molecule has 1 atom stereocenters. The summed E-state index contributed by atoms with van der Waals surface area (Å²) in [5, 5.41) is 0. The van der Waals surface area contributed by atoms with Crippen molar-refractivity contribution in [2.75, 3.05) is 18.1 Å². The lowest BCUT2D eigenvalue weighted by Crippen LogP contribution is -2.32. The smallest absolute Gasteiger partial charge is 0.299 e. The van der Waals surface area contributed by atoms with Crippen LogP contribution >= 0.6 is 0 Å². The van der Waals surface area contributed by atoms with Crippen molar-refractivity contribution in [2.24, 2.45) is 0 Å². The van der Waals surface area contributed by atoms with E-state index in [9.17, 15) is 9.59 Å². The summed E-state index contributed by atoms with van der Waals surface area (Å²) < 4.78 is 5.57. The standard InChI is InChI=1S/C15H17NO3/c1-10-4-2-6-12-13(10)16(15(18)14(12)17)8-7-11-5-3-9-19-11/h2,4,6,11H,3,5,7-9H2,1H3. The lowest BCUT2D eigenvalue weighted by atomic mass is 10.1. The van der Waals surface area contributed by atoms with Crippen LogP contribution in [0.3, 0.4) is 0 Å². The molecule has 3 rings (SSSR count). The van der Waals surface area contributed by atoms with E-state index in [1.165, 1.54) is 0 Å². The Morgan fingerprint density at radius 3 is 2.95 bits per heavy atom. The number of amides is 1. The third-order valence-electron chi connectivity index (χ3n) is 3.89. The van der Waals surface area contributed by atoms with E-state index in [2.05, 4.69) is 0 Å². The molecule has 1 fully saturated rings. The molecule has 0 N–H and O–H groups in total. The second-order valence-electron chi connectivity index (χ2n) is 5.18. The van der Waals surface area contributed by atoms with Gasteiger partial charge in [0.2, 0.25) is 0 Å². The number of aryl methyl sites for hydroxylation is 1. The quantitative estimate of drug-likeness (QED) is 0.781. The fourth-order valence-electron chi connectivity index (χ4n) is 2.90. The molecule has 0 aliphatic carbocycles. The highest BCUT2D eigenvalue weighted by Crippen LogP contribution is 2.32. The van der Waals surface area contributed by atoms with Crippen molar-refractivity contribution in [2.45, 2.75) is 32.3 Å². The molecule has 0 saturated carbocycles. The maximum atomic E-state index is 12.1. The van der Waals surface area contributed by atoms with Crippen LogP contribution < -0.4 is 4.90 Å². The van der Waals surface area contributed by atoms with Gasteiger partial charge in [0.25, 0.3) is 11.7 Å². The fraction of sp³-hybridized carbons (Fsp3) is 0.467. The number of carbonyl (C=O) groups excluding carboxylic acids is 2.